The molecule has 5 heteroatoms. The predicted octanol–water partition coefficient (Wildman–Crippen LogP) is 4.36. The van der Waals surface area contributed by atoms with Crippen molar-refractivity contribution in [1.82, 2.24) is 0 Å². The highest BCUT2D eigenvalue weighted by Crippen LogP contribution is 2.34. The first kappa shape index (κ1) is 14.0. The van der Waals surface area contributed by atoms with Gasteiger partial charge in [0.25, 0.3) is 0 Å². The van der Waals surface area contributed by atoms with Crippen LogP contribution in [0.3, 0.4) is 0 Å². The Morgan fingerprint density at radius 1 is 1.32 bits per heavy atom. The molecule has 0 aromatic heterocycles. The lowest BCUT2D eigenvalue weighted by Crippen LogP contribution is -1.92. The van der Waals surface area contributed by atoms with Crippen LogP contribution >= 0.6 is 23.4 Å². The van der Waals surface area contributed by atoms with Gasteiger partial charge in [0.2, 0.25) is 0 Å². The van der Waals surface area contributed by atoms with Gasteiger partial charge in [-0.25, -0.2) is 4.39 Å². The van der Waals surface area contributed by atoms with E-state index >= 15 is 0 Å². The highest BCUT2D eigenvalue weighted by Gasteiger charge is 2.07. The molecule has 2 N–H and O–H groups in total. The Labute approximate surface area is 120 Å². The van der Waals surface area contributed by atoms with Gasteiger partial charge >= 0.3 is 0 Å². The quantitative estimate of drug-likeness (QED) is 0.672. The van der Waals surface area contributed by atoms with Crippen molar-refractivity contribution in [3.63, 3.8) is 0 Å². The second-order valence-corrected chi connectivity index (χ2v) is 5.31. The Bertz CT molecular complexity index is 571. The van der Waals surface area contributed by atoms with Crippen LogP contribution in [0.25, 0.3) is 0 Å². The fraction of sp³-hybridized carbons (Fsp3) is 0.143. The fourth-order valence-electron chi connectivity index (χ4n) is 1.63. The van der Waals surface area contributed by atoms with Crippen LogP contribution in [0.15, 0.2) is 41.3 Å². The Morgan fingerprint density at radius 2 is 2.11 bits per heavy atom. The molecular formula is C14H13ClFNOS. The molecule has 19 heavy (non-hydrogen) atoms. The summed E-state index contributed by atoms with van der Waals surface area (Å²) in [5.74, 6) is 0.466. The summed E-state index contributed by atoms with van der Waals surface area (Å²) in [6, 6.07) is 10.3. The fourth-order valence-corrected chi connectivity index (χ4v) is 2.91. The molecule has 0 heterocycles. The molecule has 2 nitrogen and oxygen atoms in total. The lowest BCUT2D eigenvalue weighted by atomic mass is 10.2. The minimum absolute atomic E-state index is 0.242. The van der Waals surface area contributed by atoms with Crippen molar-refractivity contribution >= 4 is 29.1 Å². The van der Waals surface area contributed by atoms with Gasteiger partial charge in [0.15, 0.2) is 11.6 Å². The first-order valence-corrected chi connectivity index (χ1v) is 6.97. The second-order valence-electron chi connectivity index (χ2n) is 3.92. The Hall–Kier alpha value is -1.39. The number of hydrogen-bond donors (Lipinski definition) is 1. The largest absolute Gasteiger partial charge is 0.494 e. The maximum atomic E-state index is 13.5. The van der Waals surface area contributed by atoms with Gasteiger partial charge < -0.3 is 10.5 Å². The summed E-state index contributed by atoms with van der Waals surface area (Å²) >= 11 is 7.56. The van der Waals surface area contributed by atoms with Gasteiger partial charge in [-0.1, -0.05) is 23.7 Å². The molecule has 0 aliphatic heterocycles. The van der Waals surface area contributed by atoms with Gasteiger partial charge in [0, 0.05) is 16.3 Å². The van der Waals surface area contributed by atoms with Crippen molar-refractivity contribution in [2.75, 3.05) is 12.8 Å². The average molecular weight is 298 g/mol. The standard InChI is InChI=1S/C14H13ClFNOS/c1-18-13-6-5-9(7-11(13)16)8-19-14-10(15)3-2-4-12(14)17/h2-7H,8,17H2,1H3. The number of nitrogens with two attached hydrogens (primary N) is 1. The van der Waals surface area contributed by atoms with Crippen LogP contribution in [0.4, 0.5) is 10.1 Å². The molecule has 0 spiro atoms. The van der Waals surface area contributed by atoms with Crippen molar-refractivity contribution in [3.05, 3.63) is 52.8 Å². The number of benzene rings is 2. The first-order valence-electron chi connectivity index (χ1n) is 5.61. The number of anilines is 1. The molecule has 0 aliphatic carbocycles. The van der Waals surface area contributed by atoms with Gasteiger partial charge in [-0.05, 0) is 29.8 Å². The van der Waals surface area contributed by atoms with E-state index in [1.165, 1.54) is 24.9 Å². The van der Waals surface area contributed by atoms with E-state index in [1.807, 2.05) is 6.07 Å². The summed E-state index contributed by atoms with van der Waals surface area (Å²) in [5, 5.41) is 0.610. The van der Waals surface area contributed by atoms with Crippen molar-refractivity contribution in [1.29, 1.82) is 0 Å². The number of thioether (sulfide) groups is 1. The van der Waals surface area contributed by atoms with E-state index in [9.17, 15) is 4.39 Å². The lowest BCUT2D eigenvalue weighted by molar-refractivity contribution is 0.386. The minimum atomic E-state index is -0.368. The third kappa shape index (κ3) is 3.33. The average Bonchev–Trinajstić information content (AvgIpc) is 2.38. The van der Waals surface area contributed by atoms with Crippen molar-refractivity contribution in [3.8, 4) is 5.75 Å². The summed E-state index contributed by atoms with van der Waals surface area (Å²) < 4.78 is 18.4. The van der Waals surface area contributed by atoms with E-state index < -0.39 is 0 Å². The summed E-state index contributed by atoms with van der Waals surface area (Å²) in [4.78, 5) is 0.820. The maximum absolute atomic E-state index is 13.5. The zero-order valence-corrected chi connectivity index (χ0v) is 11.9. The van der Waals surface area contributed by atoms with Crippen LogP contribution in [0.1, 0.15) is 5.56 Å². The molecular weight excluding hydrogens is 285 g/mol. The van der Waals surface area contributed by atoms with Crippen LogP contribution in [0, 0.1) is 5.82 Å². The molecule has 0 bridgehead atoms. The number of rotatable bonds is 4. The minimum Gasteiger partial charge on any atom is -0.494 e. The third-order valence-corrected chi connectivity index (χ3v) is 4.25. The zero-order chi connectivity index (χ0) is 13.8. The smallest absolute Gasteiger partial charge is 0.165 e. The van der Waals surface area contributed by atoms with E-state index in [0.29, 0.717) is 16.5 Å². The molecule has 100 valence electrons. The van der Waals surface area contributed by atoms with Crippen molar-refractivity contribution in [2.24, 2.45) is 0 Å². The van der Waals surface area contributed by atoms with Crippen molar-refractivity contribution in [2.45, 2.75) is 10.6 Å². The van der Waals surface area contributed by atoms with E-state index in [-0.39, 0.29) is 11.6 Å². The molecule has 0 radical (unpaired) electrons. The Balaban J connectivity index is 2.13. The van der Waals surface area contributed by atoms with Gasteiger partial charge in [0.05, 0.1) is 12.1 Å². The molecule has 0 saturated carbocycles. The maximum Gasteiger partial charge on any atom is 0.165 e. The SMILES string of the molecule is COc1ccc(CSc2c(N)cccc2Cl)cc1F. The highest BCUT2D eigenvalue weighted by atomic mass is 35.5. The van der Waals surface area contributed by atoms with Gasteiger partial charge in [0.1, 0.15) is 0 Å². The van der Waals surface area contributed by atoms with E-state index in [4.69, 9.17) is 22.1 Å². The van der Waals surface area contributed by atoms with Crippen LogP contribution < -0.4 is 10.5 Å². The zero-order valence-electron chi connectivity index (χ0n) is 10.3. The van der Waals surface area contributed by atoms with E-state index in [1.54, 1.807) is 24.3 Å². The Kier molecular flexibility index (Phi) is 4.56. The number of methoxy groups -OCH3 is 1. The van der Waals surface area contributed by atoms with Crippen molar-refractivity contribution < 1.29 is 9.13 Å². The first-order chi connectivity index (χ1) is 9.11. The molecule has 0 unspecified atom stereocenters. The molecule has 2 aromatic rings. The number of ether oxygens (including phenoxy) is 1. The summed E-state index contributed by atoms with van der Waals surface area (Å²) in [6.07, 6.45) is 0. The van der Waals surface area contributed by atoms with Gasteiger partial charge in [-0.15, -0.1) is 11.8 Å². The van der Waals surface area contributed by atoms with Gasteiger partial charge in [-0.3, -0.25) is 0 Å². The number of halogens is 2. The normalized spacial score (nSPS) is 10.5. The monoisotopic (exact) mass is 297 g/mol. The molecule has 0 aliphatic rings. The molecule has 0 saturated heterocycles. The van der Waals surface area contributed by atoms with Crippen LogP contribution in [0.2, 0.25) is 5.02 Å². The second kappa shape index (κ2) is 6.17. The molecule has 0 atom stereocenters. The molecule has 0 amide bonds. The van der Waals surface area contributed by atoms with Gasteiger partial charge in [-0.2, -0.15) is 0 Å². The van der Waals surface area contributed by atoms with E-state index in [2.05, 4.69) is 0 Å². The Morgan fingerprint density at radius 3 is 2.74 bits per heavy atom. The predicted molar refractivity (Wildman–Crippen MR) is 78.4 cm³/mol. The molecule has 0 fully saturated rings. The lowest BCUT2D eigenvalue weighted by Gasteiger charge is -2.08. The summed E-state index contributed by atoms with van der Waals surface area (Å²) in [7, 11) is 1.44. The number of nitrogen functional groups attached to an aromatic ring is 1. The summed E-state index contributed by atoms with van der Waals surface area (Å²) in [6.45, 7) is 0. The van der Waals surface area contributed by atoms with Crippen LogP contribution in [0.5, 0.6) is 5.75 Å². The molecule has 2 rings (SSSR count). The third-order valence-electron chi connectivity index (χ3n) is 2.60. The molecule has 2 aromatic carbocycles. The number of hydrogen-bond acceptors (Lipinski definition) is 3. The van der Waals surface area contributed by atoms with E-state index in [0.717, 1.165) is 10.5 Å². The highest BCUT2D eigenvalue weighted by molar-refractivity contribution is 7.98. The van der Waals surface area contributed by atoms with Crippen LogP contribution in [-0.4, -0.2) is 7.11 Å². The topological polar surface area (TPSA) is 35.2 Å². The summed E-state index contributed by atoms with van der Waals surface area (Å²) in [5.41, 5.74) is 7.34. The van der Waals surface area contributed by atoms with Crippen LogP contribution in [-0.2, 0) is 5.75 Å².